The lowest BCUT2D eigenvalue weighted by molar-refractivity contribution is -0.384. The van der Waals surface area contributed by atoms with Crippen molar-refractivity contribution >= 4 is 11.6 Å². The van der Waals surface area contributed by atoms with Crippen LogP contribution in [0.3, 0.4) is 0 Å². The number of nitrogens with zero attached hydrogens (tertiary/aromatic N) is 2. The smallest absolute Gasteiger partial charge is 0.269 e. The fraction of sp³-hybridized carbons (Fsp3) is 0.533. The number of carbonyl (C=O) groups excluding carboxylic acids is 1. The second-order valence-electron chi connectivity index (χ2n) is 6.16. The molecule has 1 atom stereocenters. The molecule has 0 bridgehead atoms. The number of nitrogens with one attached hydrogen (secondary N) is 1. The van der Waals surface area contributed by atoms with Gasteiger partial charge in [0.05, 0.1) is 4.92 Å². The third-order valence-corrected chi connectivity index (χ3v) is 4.71. The zero-order chi connectivity index (χ0) is 15.0. The van der Waals surface area contributed by atoms with Gasteiger partial charge in [0.25, 0.3) is 11.6 Å². The van der Waals surface area contributed by atoms with Crippen molar-refractivity contribution in [3.05, 3.63) is 39.4 Å². The van der Waals surface area contributed by atoms with E-state index >= 15 is 0 Å². The first kappa shape index (κ1) is 14.0. The molecule has 2 fully saturated rings. The van der Waals surface area contributed by atoms with Crippen molar-refractivity contribution in [1.29, 1.82) is 0 Å². The van der Waals surface area contributed by atoms with E-state index in [1.807, 2.05) is 4.90 Å². The van der Waals surface area contributed by atoms with Gasteiger partial charge in [0, 0.05) is 42.7 Å². The largest absolute Gasteiger partial charge is 0.338 e. The molecular weight excluding hydrogens is 270 g/mol. The number of likely N-dealkylation sites (tertiary alicyclic amines) is 1. The molecule has 0 saturated carbocycles. The van der Waals surface area contributed by atoms with Gasteiger partial charge in [-0.15, -0.1) is 0 Å². The number of aryl methyl sites for hydroxylation is 1. The van der Waals surface area contributed by atoms with Gasteiger partial charge in [-0.2, -0.15) is 0 Å². The zero-order valence-electron chi connectivity index (χ0n) is 12.1. The lowest BCUT2D eigenvalue weighted by Crippen LogP contribution is -2.33. The van der Waals surface area contributed by atoms with Crippen LogP contribution in [0.5, 0.6) is 0 Å². The summed E-state index contributed by atoms with van der Waals surface area (Å²) >= 11 is 0. The fourth-order valence-corrected chi connectivity index (χ4v) is 3.42. The van der Waals surface area contributed by atoms with Crippen LogP contribution in [-0.2, 0) is 0 Å². The Morgan fingerprint density at radius 2 is 2.24 bits per heavy atom. The predicted molar refractivity (Wildman–Crippen MR) is 78.3 cm³/mol. The average Bonchev–Trinajstić information content (AvgIpc) is 3.09. The molecule has 2 aliphatic rings. The van der Waals surface area contributed by atoms with Crippen molar-refractivity contribution in [2.45, 2.75) is 19.8 Å². The summed E-state index contributed by atoms with van der Waals surface area (Å²) in [5.74, 6) is -0.00817. The standard InChI is InChI=1S/C15H19N3O3/c1-11-8-12(18(20)21)2-3-13(11)14(19)17-7-5-15(10-17)4-6-16-9-15/h2-3,8,16H,4-7,9-10H2,1H3. The first-order valence-corrected chi connectivity index (χ1v) is 7.26. The van der Waals surface area contributed by atoms with Crippen molar-refractivity contribution in [2.24, 2.45) is 5.41 Å². The molecule has 2 saturated heterocycles. The number of nitro benzene ring substituents is 1. The highest BCUT2D eigenvalue weighted by Crippen LogP contribution is 2.36. The van der Waals surface area contributed by atoms with Crippen LogP contribution in [0.2, 0.25) is 0 Å². The van der Waals surface area contributed by atoms with Gasteiger partial charge in [0.2, 0.25) is 0 Å². The lowest BCUT2D eigenvalue weighted by atomic mass is 9.86. The summed E-state index contributed by atoms with van der Waals surface area (Å²) in [5, 5.41) is 14.1. The topological polar surface area (TPSA) is 75.5 Å². The first-order valence-electron chi connectivity index (χ1n) is 7.26. The number of rotatable bonds is 2. The summed E-state index contributed by atoms with van der Waals surface area (Å²) in [6, 6.07) is 4.45. The Morgan fingerprint density at radius 1 is 1.43 bits per heavy atom. The number of amides is 1. The molecule has 2 aliphatic heterocycles. The highest BCUT2D eigenvalue weighted by atomic mass is 16.6. The number of carbonyl (C=O) groups is 1. The third-order valence-electron chi connectivity index (χ3n) is 4.71. The maximum atomic E-state index is 12.6. The normalized spacial score (nSPS) is 24.7. The maximum Gasteiger partial charge on any atom is 0.269 e. The number of hydrogen-bond donors (Lipinski definition) is 1. The summed E-state index contributed by atoms with van der Waals surface area (Å²) < 4.78 is 0. The van der Waals surface area contributed by atoms with Crippen LogP contribution in [0.1, 0.15) is 28.8 Å². The van der Waals surface area contributed by atoms with E-state index in [0.717, 1.165) is 39.0 Å². The summed E-state index contributed by atoms with van der Waals surface area (Å²) in [6.45, 7) is 5.32. The van der Waals surface area contributed by atoms with E-state index in [1.165, 1.54) is 12.1 Å². The van der Waals surface area contributed by atoms with E-state index in [9.17, 15) is 14.9 Å². The minimum Gasteiger partial charge on any atom is -0.338 e. The minimum absolute atomic E-state index is 0.00817. The van der Waals surface area contributed by atoms with Crippen molar-refractivity contribution in [3.8, 4) is 0 Å². The van der Waals surface area contributed by atoms with E-state index in [-0.39, 0.29) is 17.0 Å². The second kappa shape index (κ2) is 5.11. The van der Waals surface area contributed by atoms with E-state index in [1.54, 1.807) is 13.0 Å². The van der Waals surface area contributed by atoms with Crippen LogP contribution in [0.15, 0.2) is 18.2 Å². The van der Waals surface area contributed by atoms with Crippen LogP contribution in [0.4, 0.5) is 5.69 Å². The van der Waals surface area contributed by atoms with Crippen molar-refractivity contribution in [2.75, 3.05) is 26.2 Å². The Kier molecular flexibility index (Phi) is 3.41. The Morgan fingerprint density at radius 3 is 2.86 bits per heavy atom. The highest BCUT2D eigenvalue weighted by Gasteiger charge is 2.42. The van der Waals surface area contributed by atoms with Gasteiger partial charge in [-0.25, -0.2) is 0 Å². The first-order chi connectivity index (χ1) is 10.0. The number of benzene rings is 1. The monoisotopic (exact) mass is 289 g/mol. The predicted octanol–water partition coefficient (Wildman–Crippen LogP) is 1.73. The van der Waals surface area contributed by atoms with Gasteiger partial charge < -0.3 is 10.2 Å². The molecule has 6 heteroatoms. The van der Waals surface area contributed by atoms with Gasteiger partial charge in [0.15, 0.2) is 0 Å². The Balaban J connectivity index is 1.78. The molecule has 1 amide bonds. The van der Waals surface area contributed by atoms with Gasteiger partial charge in [-0.05, 0) is 37.9 Å². The van der Waals surface area contributed by atoms with E-state index in [4.69, 9.17) is 0 Å². The molecule has 0 aliphatic carbocycles. The molecule has 1 N–H and O–H groups in total. The van der Waals surface area contributed by atoms with Crippen molar-refractivity contribution in [1.82, 2.24) is 10.2 Å². The number of non-ortho nitro benzene ring substituents is 1. The van der Waals surface area contributed by atoms with E-state index in [0.29, 0.717) is 11.1 Å². The van der Waals surface area contributed by atoms with Crippen molar-refractivity contribution in [3.63, 3.8) is 0 Å². The lowest BCUT2D eigenvalue weighted by Gasteiger charge is -2.23. The summed E-state index contributed by atoms with van der Waals surface area (Å²) in [4.78, 5) is 24.8. The Bertz CT molecular complexity index is 594. The molecule has 112 valence electrons. The van der Waals surface area contributed by atoms with Gasteiger partial charge in [-0.3, -0.25) is 14.9 Å². The van der Waals surface area contributed by atoms with Crippen LogP contribution in [0.25, 0.3) is 0 Å². The highest BCUT2D eigenvalue weighted by molar-refractivity contribution is 5.96. The maximum absolute atomic E-state index is 12.6. The summed E-state index contributed by atoms with van der Waals surface area (Å²) in [5.41, 5.74) is 1.51. The Hall–Kier alpha value is -1.95. The third kappa shape index (κ3) is 2.51. The quantitative estimate of drug-likeness (QED) is 0.664. The molecule has 21 heavy (non-hydrogen) atoms. The van der Waals surface area contributed by atoms with Crippen LogP contribution < -0.4 is 5.32 Å². The fourth-order valence-electron chi connectivity index (χ4n) is 3.42. The molecule has 6 nitrogen and oxygen atoms in total. The SMILES string of the molecule is Cc1cc([N+](=O)[O-])ccc1C(=O)N1CCC2(CCNC2)C1. The molecule has 0 radical (unpaired) electrons. The summed E-state index contributed by atoms with van der Waals surface area (Å²) in [7, 11) is 0. The van der Waals surface area contributed by atoms with Gasteiger partial charge in [-0.1, -0.05) is 0 Å². The molecule has 3 rings (SSSR count). The molecular formula is C15H19N3O3. The van der Waals surface area contributed by atoms with Crippen LogP contribution >= 0.6 is 0 Å². The average molecular weight is 289 g/mol. The van der Waals surface area contributed by atoms with E-state index < -0.39 is 4.92 Å². The minimum atomic E-state index is -0.434. The second-order valence-corrected chi connectivity index (χ2v) is 6.16. The number of hydrogen-bond acceptors (Lipinski definition) is 4. The van der Waals surface area contributed by atoms with Crippen LogP contribution in [-0.4, -0.2) is 41.9 Å². The molecule has 0 aromatic heterocycles. The number of nitro groups is 1. The molecule has 1 aromatic rings. The molecule has 1 spiro atoms. The molecule has 2 heterocycles. The summed E-state index contributed by atoms with van der Waals surface area (Å²) in [6.07, 6.45) is 2.16. The van der Waals surface area contributed by atoms with E-state index in [2.05, 4.69) is 5.32 Å². The zero-order valence-corrected chi connectivity index (χ0v) is 12.1. The van der Waals surface area contributed by atoms with Crippen molar-refractivity contribution < 1.29 is 9.72 Å². The van der Waals surface area contributed by atoms with Crippen LogP contribution in [0, 0.1) is 22.5 Å². The van der Waals surface area contributed by atoms with Gasteiger partial charge in [0.1, 0.15) is 0 Å². The van der Waals surface area contributed by atoms with Gasteiger partial charge >= 0.3 is 0 Å². The Labute approximate surface area is 123 Å². The molecule has 1 aromatic carbocycles. The molecule has 1 unspecified atom stereocenters.